The number of carboxylic acid groups (broad SMARTS) is 1. The van der Waals surface area contributed by atoms with Gasteiger partial charge in [0, 0.05) is 28.9 Å². The maximum atomic E-state index is 14.0. The number of fused-ring (bicyclic) bond motifs is 1. The van der Waals surface area contributed by atoms with Crippen molar-refractivity contribution < 1.29 is 19.0 Å². The third-order valence-electron chi connectivity index (χ3n) is 6.52. The number of nitrogens with one attached hydrogen (secondary N) is 2. The molecule has 3 aromatic rings. The summed E-state index contributed by atoms with van der Waals surface area (Å²) in [5, 5.41) is 13.7. The molecule has 0 aliphatic heterocycles. The third-order valence-corrected chi connectivity index (χ3v) is 6.52. The second-order valence-corrected chi connectivity index (χ2v) is 8.67. The average Bonchev–Trinajstić information content (AvgIpc) is 3.54. The van der Waals surface area contributed by atoms with Gasteiger partial charge >= 0.3 is 5.97 Å². The Morgan fingerprint density at radius 2 is 2.09 bits per heavy atom. The Bertz CT molecular complexity index is 1200. The number of aromatic nitrogens is 2. The van der Waals surface area contributed by atoms with Gasteiger partial charge in [-0.25, -0.2) is 9.37 Å². The van der Waals surface area contributed by atoms with Gasteiger partial charge in [0.2, 0.25) is 0 Å². The van der Waals surface area contributed by atoms with E-state index in [0.717, 1.165) is 54.4 Å². The minimum Gasteiger partial charge on any atom is -0.496 e. The van der Waals surface area contributed by atoms with Crippen molar-refractivity contribution in [2.24, 2.45) is 5.92 Å². The highest BCUT2D eigenvalue weighted by Gasteiger charge is 2.37. The summed E-state index contributed by atoms with van der Waals surface area (Å²) < 4.78 is 19.4. The van der Waals surface area contributed by atoms with E-state index >= 15 is 0 Å². The van der Waals surface area contributed by atoms with Crippen molar-refractivity contribution in [1.29, 1.82) is 0 Å². The van der Waals surface area contributed by atoms with Gasteiger partial charge in [-0.05, 0) is 79.5 Å². The SMILES string of the molecule is COc1ccc(F)cc1-c1ccnc2[nH]c(C3=CCC(NC(C(=O)O)C4CC4)CC3)cc12. The topological polar surface area (TPSA) is 87.2 Å². The second-order valence-electron chi connectivity index (χ2n) is 8.67. The van der Waals surface area contributed by atoms with Gasteiger partial charge in [0.15, 0.2) is 0 Å². The van der Waals surface area contributed by atoms with Gasteiger partial charge in [0.1, 0.15) is 23.3 Å². The molecular formula is C25H26FN3O3. The van der Waals surface area contributed by atoms with E-state index in [0.29, 0.717) is 11.3 Å². The summed E-state index contributed by atoms with van der Waals surface area (Å²) in [5.74, 6) is -0.183. The van der Waals surface area contributed by atoms with E-state index in [1.54, 1.807) is 19.4 Å². The van der Waals surface area contributed by atoms with Crippen LogP contribution in [-0.2, 0) is 4.79 Å². The van der Waals surface area contributed by atoms with Crippen molar-refractivity contribution in [1.82, 2.24) is 15.3 Å². The second kappa shape index (κ2) is 8.39. The molecule has 0 spiro atoms. The fraction of sp³-hybridized carbons (Fsp3) is 0.360. The Hall–Kier alpha value is -3.19. The number of allylic oxidation sites excluding steroid dienone is 1. The lowest BCUT2D eigenvalue weighted by Gasteiger charge is -2.26. The molecule has 3 N–H and O–H groups in total. The van der Waals surface area contributed by atoms with Gasteiger partial charge in [-0.15, -0.1) is 0 Å². The lowest BCUT2D eigenvalue weighted by atomic mass is 9.92. The van der Waals surface area contributed by atoms with Gasteiger partial charge in [-0.3, -0.25) is 4.79 Å². The molecule has 2 unspecified atom stereocenters. The smallest absolute Gasteiger partial charge is 0.320 e. The normalized spacial score (nSPS) is 19.6. The minimum atomic E-state index is -0.746. The largest absolute Gasteiger partial charge is 0.496 e. The highest BCUT2D eigenvalue weighted by Crippen LogP contribution is 2.38. The molecule has 2 aliphatic rings. The predicted molar refractivity (Wildman–Crippen MR) is 121 cm³/mol. The van der Waals surface area contributed by atoms with Gasteiger partial charge in [0.05, 0.1) is 7.11 Å². The van der Waals surface area contributed by atoms with Crippen LogP contribution in [-0.4, -0.2) is 40.2 Å². The molecule has 32 heavy (non-hydrogen) atoms. The minimum absolute atomic E-state index is 0.176. The van der Waals surface area contributed by atoms with Crippen LogP contribution in [0.2, 0.25) is 0 Å². The number of nitrogens with zero attached hydrogens (tertiary/aromatic N) is 1. The zero-order valence-electron chi connectivity index (χ0n) is 17.9. The summed E-state index contributed by atoms with van der Waals surface area (Å²) in [5.41, 5.74) is 4.47. The van der Waals surface area contributed by atoms with Crippen LogP contribution in [0.3, 0.4) is 0 Å². The standard InChI is InChI=1S/C25H26FN3O3/c1-32-22-9-6-16(26)12-19(22)18-10-11-27-24-20(18)13-21(29-24)14-4-7-17(8-5-14)28-23(25(30)31)15-2-3-15/h4,6,9-13,15,17,23,28H,2-3,5,7-8H2,1H3,(H,27,29)(H,30,31). The van der Waals surface area contributed by atoms with Crippen LogP contribution in [0.25, 0.3) is 27.7 Å². The summed E-state index contributed by atoms with van der Waals surface area (Å²) in [7, 11) is 1.58. The summed E-state index contributed by atoms with van der Waals surface area (Å²) >= 11 is 0. The molecule has 2 heterocycles. The molecule has 2 aliphatic carbocycles. The Kier molecular flexibility index (Phi) is 5.43. The predicted octanol–water partition coefficient (Wildman–Crippen LogP) is 4.77. The molecule has 5 rings (SSSR count). The highest BCUT2D eigenvalue weighted by atomic mass is 19.1. The van der Waals surface area contributed by atoms with Crippen molar-refractivity contribution in [3.63, 3.8) is 0 Å². The summed E-state index contributed by atoms with van der Waals surface area (Å²) in [4.78, 5) is 19.4. The zero-order chi connectivity index (χ0) is 22.2. The molecule has 1 aromatic carbocycles. The lowest BCUT2D eigenvalue weighted by Crippen LogP contribution is -2.45. The van der Waals surface area contributed by atoms with Gasteiger partial charge in [0.25, 0.3) is 0 Å². The van der Waals surface area contributed by atoms with Crippen molar-refractivity contribution >= 4 is 22.6 Å². The maximum absolute atomic E-state index is 14.0. The van der Waals surface area contributed by atoms with Crippen molar-refractivity contribution in [3.05, 3.63) is 54.1 Å². The number of aromatic amines is 1. The number of benzene rings is 1. The van der Waals surface area contributed by atoms with Crippen LogP contribution in [0.4, 0.5) is 4.39 Å². The van der Waals surface area contributed by atoms with E-state index < -0.39 is 12.0 Å². The van der Waals surface area contributed by atoms with Crippen LogP contribution in [0.5, 0.6) is 5.75 Å². The number of ether oxygens (including phenoxy) is 1. The number of hydrogen-bond donors (Lipinski definition) is 3. The molecule has 1 fully saturated rings. The van der Waals surface area contributed by atoms with E-state index in [1.807, 2.05) is 6.07 Å². The van der Waals surface area contributed by atoms with Gasteiger partial charge in [-0.2, -0.15) is 0 Å². The van der Waals surface area contributed by atoms with E-state index in [1.165, 1.54) is 17.7 Å². The van der Waals surface area contributed by atoms with Crippen LogP contribution < -0.4 is 10.1 Å². The van der Waals surface area contributed by atoms with E-state index in [4.69, 9.17) is 4.74 Å². The third kappa shape index (κ3) is 4.00. The van der Waals surface area contributed by atoms with Gasteiger partial charge < -0.3 is 20.1 Å². The van der Waals surface area contributed by atoms with Crippen LogP contribution in [0, 0.1) is 11.7 Å². The number of rotatable bonds is 7. The summed E-state index contributed by atoms with van der Waals surface area (Å²) in [6.07, 6.45) is 8.41. The first kappa shape index (κ1) is 20.7. The first-order valence-corrected chi connectivity index (χ1v) is 11.0. The summed E-state index contributed by atoms with van der Waals surface area (Å²) in [6, 6.07) is 8.18. The van der Waals surface area contributed by atoms with Crippen molar-refractivity contribution in [2.45, 2.75) is 44.2 Å². The highest BCUT2D eigenvalue weighted by molar-refractivity contribution is 5.96. The number of halogens is 1. The average molecular weight is 435 g/mol. The number of methoxy groups -OCH3 is 1. The number of H-pyrrole nitrogens is 1. The molecule has 0 amide bonds. The fourth-order valence-electron chi connectivity index (χ4n) is 4.65. The Morgan fingerprint density at radius 1 is 1.25 bits per heavy atom. The van der Waals surface area contributed by atoms with Crippen LogP contribution >= 0.6 is 0 Å². The maximum Gasteiger partial charge on any atom is 0.320 e. The molecule has 1 saturated carbocycles. The van der Waals surface area contributed by atoms with E-state index in [-0.39, 0.29) is 17.8 Å². The molecule has 0 saturated heterocycles. The van der Waals surface area contributed by atoms with E-state index in [2.05, 4.69) is 27.4 Å². The van der Waals surface area contributed by atoms with Crippen LogP contribution in [0.1, 0.15) is 37.8 Å². The fourth-order valence-corrected chi connectivity index (χ4v) is 4.65. The quantitative estimate of drug-likeness (QED) is 0.498. The monoisotopic (exact) mass is 435 g/mol. The molecule has 6 nitrogen and oxygen atoms in total. The summed E-state index contributed by atoms with van der Waals surface area (Å²) in [6.45, 7) is 0. The molecule has 2 aromatic heterocycles. The molecule has 2 atom stereocenters. The van der Waals surface area contributed by atoms with Gasteiger partial charge in [-0.1, -0.05) is 6.08 Å². The number of aliphatic carboxylic acids is 1. The first-order valence-electron chi connectivity index (χ1n) is 11.0. The number of pyridine rings is 1. The molecule has 166 valence electrons. The van der Waals surface area contributed by atoms with E-state index in [9.17, 15) is 14.3 Å². The Morgan fingerprint density at radius 3 is 2.78 bits per heavy atom. The zero-order valence-corrected chi connectivity index (χ0v) is 17.9. The molecule has 0 radical (unpaired) electrons. The molecule has 0 bridgehead atoms. The van der Waals surface area contributed by atoms with Crippen molar-refractivity contribution in [2.75, 3.05) is 7.11 Å². The number of carbonyl (C=O) groups is 1. The molecular weight excluding hydrogens is 409 g/mol. The molecule has 7 heteroatoms. The van der Waals surface area contributed by atoms with Crippen LogP contribution in [0.15, 0.2) is 42.6 Å². The number of carboxylic acids is 1. The lowest BCUT2D eigenvalue weighted by molar-refractivity contribution is -0.140. The number of hydrogen-bond acceptors (Lipinski definition) is 4. The first-order chi connectivity index (χ1) is 15.5. The Labute approximate surface area is 185 Å². The van der Waals surface area contributed by atoms with Crippen molar-refractivity contribution in [3.8, 4) is 16.9 Å². The Balaban J connectivity index is 1.41.